The summed E-state index contributed by atoms with van der Waals surface area (Å²) in [5.74, 6) is 0. The van der Waals surface area contributed by atoms with E-state index in [1.165, 1.54) is 88.2 Å². The molecule has 1 heterocycles. The Hall–Kier alpha value is -7.94. The molecule has 1 aromatic heterocycles. The molecule has 1 aliphatic rings. The van der Waals surface area contributed by atoms with Gasteiger partial charge in [0, 0.05) is 33.5 Å². The van der Waals surface area contributed by atoms with Gasteiger partial charge < -0.3 is 9.47 Å². The lowest BCUT2D eigenvalue weighted by molar-refractivity contribution is 1.14. The average Bonchev–Trinajstić information content (AvgIpc) is 3.66. The molecule has 292 valence electrons. The number of rotatable bonds is 5. The number of nitrogens with zero attached hydrogens (tertiary/aromatic N) is 2. The van der Waals surface area contributed by atoms with Crippen molar-refractivity contribution in [2.75, 3.05) is 4.90 Å². The van der Waals surface area contributed by atoms with Crippen molar-refractivity contribution >= 4 is 49.6 Å². The second kappa shape index (κ2) is 15.0. The van der Waals surface area contributed by atoms with E-state index in [1.54, 1.807) is 0 Å². The highest BCUT2D eigenvalue weighted by Gasteiger charge is 2.22. The molecular formula is C60H42N2. The number of benzene rings is 10. The average molecular weight is 791 g/mol. The third-order valence-corrected chi connectivity index (χ3v) is 12.9. The van der Waals surface area contributed by atoms with Gasteiger partial charge in [0.1, 0.15) is 0 Å². The molecule has 0 saturated carbocycles. The molecule has 0 atom stereocenters. The van der Waals surface area contributed by atoms with E-state index in [9.17, 15) is 0 Å². The normalized spacial score (nSPS) is 12.1. The molecular weight excluding hydrogens is 749 g/mol. The van der Waals surface area contributed by atoms with Crippen molar-refractivity contribution < 1.29 is 0 Å². The second-order valence-corrected chi connectivity index (χ2v) is 16.5. The van der Waals surface area contributed by atoms with Crippen LogP contribution in [0.2, 0.25) is 0 Å². The van der Waals surface area contributed by atoms with Gasteiger partial charge in [-0.25, -0.2) is 0 Å². The summed E-state index contributed by atoms with van der Waals surface area (Å²) < 4.78 is 2.39. The van der Waals surface area contributed by atoms with Crippen LogP contribution in [0, 0.1) is 0 Å². The smallest absolute Gasteiger partial charge is 0.0542 e. The third kappa shape index (κ3) is 6.11. The molecule has 0 spiro atoms. The lowest BCUT2D eigenvalue weighted by Crippen LogP contribution is -2.11. The first-order chi connectivity index (χ1) is 30.7. The Balaban J connectivity index is 1.07. The standard InChI is InChI=1S/C60H42N2/c1-2-20-47(21-3-1)62-59-28-13-12-26-57(59)58-40-50(34-36-60(58)62)61(48-31-29-42(30-32-48)52-27-14-19-41-15-4-8-22-51(41)52)49-33-35-56-46(39-49)38-45-18-7-10-24-54(45)53-23-9-5-16-43(53)37-44-17-6-11-25-55(44)56/h1-36,39-40H,37-38H2. The topological polar surface area (TPSA) is 8.17 Å². The van der Waals surface area contributed by atoms with Crippen LogP contribution in [0.25, 0.3) is 71.6 Å². The van der Waals surface area contributed by atoms with Crippen LogP contribution in [0.15, 0.2) is 231 Å². The highest BCUT2D eigenvalue weighted by Crippen LogP contribution is 2.44. The van der Waals surface area contributed by atoms with Crippen molar-refractivity contribution in [2.45, 2.75) is 12.8 Å². The molecule has 0 fully saturated rings. The van der Waals surface area contributed by atoms with Crippen LogP contribution in [0.5, 0.6) is 0 Å². The van der Waals surface area contributed by atoms with Gasteiger partial charge in [-0.1, -0.05) is 170 Å². The summed E-state index contributed by atoms with van der Waals surface area (Å²) in [6.07, 6.45) is 1.67. The Bertz CT molecular complexity index is 3460. The maximum absolute atomic E-state index is 2.45. The van der Waals surface area contributed by atoms with E-state index in [0.717, 1.165) is 35.6 Å². The van der Waals surface area contributed by atoms with E-state index in [1.807, 2.05) is 0 Å². The van der Waals surface area contributed by atoms with E-state index in [-0.39, 0.29) is 0 Å². The molecule has 10 aromatic carbocycles. The maximum atomic E-state index is 2.45. The molecule has 2 nitrogen and oxygen atoms in total. The quantitative estimate of drug-likeness (QED) is 0.169. The monoisotopic (exact) mass is 790 g/mol. The third-order valence-electron chi connectivity index (χ3n) is 12.9. The molecule has 0 bridgehead atoms. The summed E-state index contributed by atoms with van der Waals surface area (Å²) in [5, 5.41) is 4.97. The fraction of sp³-hybridized carbons (Fsp3) is 0.0333. The number of hydrogen-bond acceptors (Lipinski definition) is 1. The largest absolute Gasteiger partial charge is 0.310 e. The second-order valence-electron chi connectivity index (χ2n) is 16.5. The number of anilines is 3. The van der Waals surface area contributed by atoms with Gasteiger partial charge in [-0.2, -0.15) is 0 Å². The molecule has 0 unspecified atom stereocenters. The molecule has 0 radical (unpaired) electrons. The minimum Gasteiger partial charge on any atom is -0.310 e. The zero-order valence-electron chi connectivity index (χ0n) is 34.2. The Morgan fingerprint density at radius 1 is 0.306 bits per heavy atom. The fourth-order valence-corrected chi connectivity index (χ4v) is 10.0. The van der Waals surface area contributed by atoms with Gasteiger partial charge >= 0.3 is 0 Å². The predicted molar refractivity (Wildman–Crippen MR) is 261 cm³/mol. The van der Waals surface area contributed by atoms with Crippen LogP contribution < -0.4 is 4.90 Å². The van der Waals surface area contributed by atoms with Gasteiger partial charge in [0.05, 0.1) is 11.0 Å². The molecule has 12 rings (SSSR count). The van der Waals surface area contributed by atoms with E-state index in [2.05, 4.69) is 240 Å². The highest BCUT2D eigenvalue weighted by molar-refractivity contribution is 6.11. The van der Waals surface area contributed by atoms with Crippen molar-refractivity contribution in [2.24, 2.45) is 0 Å². The summed E-state index contributed by atoms with van der Waals surface area (Å²) in [5.41, 5.74) is 19.9. The number of para-hydroxylation sites is 2. The van der Waals surface area contributed by atoms with Crippen LogP contribution in [-0.4, -0.2) is 4.57 Å². The van der Waals surface area contributed by atoms with Crippen LogP contribution in [-0.2, 0) is 12.8 Å². The van der Waals surface area contributed by atoms with Crippen molar-refractivity contribution in [3.05, 3.63) is 253 Å². The van der Waals surface area contributed by atoms with E-state index in [0.29, 0.717) is 0 Å². The lowest BCUT2D eigenvalue weighted by atomic mass is 9.84. The Morgan fingerprint density at radius 2 is 0.806 bits per heavy atom. The van der Waals surface area contributed by atoms with E-state index >= 15 is 0 Å². The molecule has 0 amide bonds. The van der Waals surface area contributed by atoms with Gasteiger partial charge in [0.25, 0.3) is 0 Å². The summed E-state index contributed by atoms with van der Waals surface area (Å²) in [7, 11) is 0. The number of hydrogen-bond donors (Lipinski definition) is 0. The predicted octanol–water partition coefficient (Wildman–Crippen LogP) is 15.9. The van der Waals surface area contributed by atoms with Crippen molar-refractivity contribution in [3.63, 3.8) is 0 Å². The van der Waals surface area contributed by atoms with Crippen LogP contribution in [0.1, 0.15) is 22.3 Å². The SMILES string of the molecule is c1ccc(-n2c3ccccc3c3cc(N(c4ccc(-c5cccc6ccccc56)cc4)c4ccc5c(c4)Cc4ccccc4-c4ccccc4Cc4ccccc4-5)ccc32)cc1. The first kappa shape index (κ1) is 36.0. The van der Waals surface area contributed by atoms with Gasteiger partial charge in [-0.05, 0) is 140 Å². The zero-order chi connectivity index (χ0) is 41.0. The van der Waals surface area contributed by atoms with E-state index in [4.69, 9.17) is 0 Å². The number of aromatic nitrogens is 1. The Kier molecular flexibility index (Phi) is 8.67. The molecule has 62 heavy (non-hydrogen) atoms. The number of fused-ring (bicyclic) bond motifs is 10. The van der Waals surface area contributed by atoms with E-state index < -0.39 is 0 Å². The minimum atomic E-state index is 0.805. The first-order valence-electron chi connectivity index (χ1n) is 21.6. The zero-order valence-corrected chi connectivity index (χ0v) is 34.2. The van der Waals surface area contributed by atoms with Crippen LogP contribution in [0.4, 0.5) is 17.1 Å². The Morgan fingerprint density at radius 3 is 1.53 bits per heavy atom. The minimum absolute atomic E-state index is 0.805. The van der Waals surface area contributed by atoms with Crippen LogP contribution >= 0.6 is 0 Å². The molecule has 2 heteroatoms. The van der Waals surface area contributed by atoms with Crippen molar-refractivity contribution in [1.29, 1.82) is 0 Å². The van der Waals surface area contributed by atoms with Gasteiger partial charge in [0.2, 0.25) is 0 Å². The van der Waals surface area contributed by atoms with Gasteiger partial charge in [-0.3, -0.25) is 0 Å². The molecule has 0 N–H and O–H groups in total. The molecule has 11 aromatic rings. The highest BCUT2D eigenvalue weighted by atomic mass is 15.1. The van der Waals surface area contributed by atoms with Gasteiger partial charge in [-0.15, -0.1) is 0 Å². The summed E-state index contributed by atoms with van der Waals surface area (Å²) >= 11 is 0. The van der Waals surface area contributed by atoms with Gasteiger partial charge in [0.15, 0.2) is 0 Å². The van der Waals surface area contributed by atoms with Crippen molar-refractivity contribution in [1.82, 2.24) is 4.57 Å². The fourth-order valence-electron chi connectivity index (χ4n) is 10.0. The Labute approximate surface area is 362 Å². The lowest BCUT2D eigenvalue weighted by Gasteiger charge is -2.28. The maximum Gasteiger partial charge on any atom is 0.0542 e. The first-order valence-corrected chi connectivity index (χ1v) is 21.6. The molecule has 0 aliphatic heterocycles. The summed E-state index contributed by atoms with van der Waals surface area (Å²) in [6.45, 7) is 0. The van der Waals surface area contributed by atoms with Crippen molar-refractivity contribution in [3.8, 4) is 39.1 Å². The summed E-state index contributed by atoms with van der Waals surface area (Å²) in [6, 6.07) is 85.0. The van der Waals surface area contributed by atoms with Crippen LogP contribution in [0.3, 0.4) is 0 Å². The summed E-state index contributed by atoms with van der Waals surface area (Å²) in [4.78, 5) is 2.45. The molecule has 0 saturated heterocycles. The molecule has 1 aliphatic carbocycles.